The number of ether oxygens (including phenoxy) is 1. The number of carboxylic acids is 1. The molecule has 158 valence electrons. The number of aliphatic carboxylic acids is 1. The van der Waals surface area contributed by atoms with E-state index in [0.29, 0.717) is 0 Å². The Labute approximate surface area is 181 Å². The molecular formula is C26H25NO4. The molecular weight excluding hydrogens is 390 g/mol. The Bertz CT molecular complexity index is 1060. The number of nitrogens with two attached hydrogens (primary N) is 1. The lowest BCUT2D eigenvalue weighted by Gasteiger charge is -2.21. The van der Waals surface area contributed by atoms with Gasteiger partial charge in [-0.15, -0.1) is 0 Å². The molecule has 5 nitrogen and oxygen atoms in total. The molecule has 0 saturated carbocycles. The van der Waals surface area contributed by atoms with Crippen LogP contribution in [0.2, 0.25) is 0 Å². The van der Waals surface area contributed by atoms with E-state index in [1.807, 2.05) is 79.7 Å². The lowest BCUT2D eigenvalue weighted by atomic mass is 9.93. The van der Waals surface area contributed by atoms with Crippen molar-refractivity contribution in [1.29, 1.82) is 0 Å². The summed E-state index contributed by atoms with van der Waals surface area (Å²) in [6.45, 7) is 2.05. The average Bonchev–Trinajstić information content (AvgIpc) is 3.07. The van der Waals surface area contributed by atoms with E-state index >= 15 is 0 Å². The molecule has 3 aromatic rings. The largest absolute Gasteiger partial charge is 0.481 e. The van der Waals surface area contributed by atoms with E-state index in [-0.39, 0.29) is 18.9 Å². The zero-order valence-corrected chi connectivity index (χ0v) is 17.3. The molecule has 0 radical (unpaired) electrons. The minimum Gasteiger partial charge on any atom is -0.481 e. The second kappa shape index (κ2) is 8.74. The number of esters is 1. The average molecular weight is 415 g/mol. The third-order valence-corrected chi connectivity index (χ3v) is 5.89. The third kappa shape index (κ3) is 4.23. The van der Waals surface area contributed by atoms with E-state index in [2.05, 4.69) is 0 Å². The summed E-state index contributed by atoms with van der Waals surface area (Å²) in [7, 11) is 0. The molecule has 0 aliphatic heterocycles. The maximum absolute atomic E-state index is 12.8. The summed E-state index contributed by atoms with van der Waals surface area (Å²) in [6, 6.07) is 22.8. The van der Waals surface area contributed by atoms with E-state index in [1.54, 1.807) is 0 Å². The number of carbonyl (C=O) groups is 2. The molecule has 3 aromatic carbocycles. The first-order valence-electron chi connectivity index (χ1n) is 10.3. The van der Waals surface area contributed by atoms with Gasteiger partial charge in [-0.05, 0) is 41.2 Å². The van der Waals surface area contributed by atoms with Crippen LogP contribution < -0.4 is 5.73 Å². The maximum Gasteiger partial charge on any atom is 0.321 e. The Hall–Kier alpha value is -3.44. The molecule has 0 amide bonds. The van der Waals surface area contributed by atoms with Gasteiger partial charge in [0.15, 0.2) is 5.92 Å². The van der Waals surface area contributed by atoms with Crippen LogP contribution in [0.1, 0.15) is 28.2 Å². The Morgan fingerprint density at radius 3 is 2.03 bits per heavy atom. The zero-order valence-electron chi connectivity index (χ0n) is 17.3. The van der Waals surface area contributed by atoms with Crippen LogP contribution in [0.25, 0.3) is 11.1 Å². The number of carbonyl (C=O) groups excluding carboxylic acids is 1. The van der Waals surface area contributed by atoms with Gasteiger partial charge >= 0.3 is 11.9 Å². The van der Waals surface area contributed by atoms with Gasteiger partial charge < -0.3 is 15.6 Å². The highest BCUT2D eigenvalue weighted by Gasteiger charge is 2.36. The maximum atomic E-state index is 12.8. The summed E-state index contributed by atoms with van der Waals surface area (Å²) in [5.74, 6) is -3.61. The topological polar surface area (TPSA) is 89.6 Å². The van der Waals surface area contributed by atoms with Crippen molar-refractivity contribution in [3.8, 4) is 11.1 Å². The highest BCUT2D eigenvalue weighted by atomic mass is 16.5. The van der Waals surface area contributed by atoms with Crippen LogP contribution in [-0.2, 0) is 20.7 Å². The number of carboxylic acid groups (broad SMARTS) is 1. The molecule has 4 rings (SSSR count). The minimum atomic E-state index is -1.42. The molecule has 0 heterocycles. The molecule has 1 unspecified atom stereocenters. The molecule has 1 aliphatic carbocycles. The molecule has 0 aromatic heterocycles. The van der Waals surface area contributed by atoms with Crippen LogP contribution in [0, 0.1) is 12.8 Å². The predicted octanol–water partition coefficient (Wildman–Crippen LogP) is 3.92. The van der Waals surface area contributed by atoms with Gasteiger partial charge in [0, 0.05) is 12.0 Å². The lowest BCUT2D eigenvalue weighted by molar-refractivity contribution is -0.159. The van der Waals surface area contributed by atoms with Crippen LogP contribution in [-0.4, -0.2) is 29.7 Å². The Morgan fingerprint density at radius 1 is 0.935 bits per heavy atom. The van der Waals surface area contributed by atoms with Gasteiger partial charge in [0.1, 0.15) is 6.61 Å². The van der Waals surface area contributed by atoms with Gasteiger partial charge in [-0.3, -0.25) is 9.59 Å². The van der Waals surface area contributed by atoms with Gasteiger partial charge in [-0.2, -0.15) is 0 Å². The Kier molecular flexibility index (Phi) is 5.87. The van der Waals surface area contributed by atoms with Crippen LogP contribution in [0.4, 0.5) is 0 Å². The van der Waals surface area contributed by atoms with Gasteiger partial charge in [0.05, 0.1) is 0 Å². The summed E-state index contributed by atoms with van der Waals surface area (Å²) < 4.78 is 5.54. The molecule has 5 heteroatoms. The normalized spacial score (nSPS) is 14.4. The summed E-state index contributed by atoms with van der Waals surface area (Å²) in [5, 5.41) is 9.66. The van der Waals surface area contributed by atoms with Gasteiger partial charge in [-0.25, -0.2) is 0 Å². The highest BCUT2D eigenvalue weighted by molar-refractivity contribution is 5.95. The van der Waals surface area contributed by atoms with Crippen LogP contribution in [0.5, 0.6) is 0 Å². The summed E-state index contributed by atoms with van der Waals surface area (Å²) in [5.41, 5.74) is 12.5. The molecule has 0 bridgehead atoms. The van der Waals surface area contributed by atoms with E-state index in [9.17, 15) is 14.7 Å². The summed E-state index contributed by atoms with van der Waals surface area (Å²) in [6.07, 6.45) is 0.279. The van der Waals surface area contributed by atoms with E-state index in [0.717, 1.165) is 33.4 Å². The number of aryl methyl sites for hydroxylation is 1. The van der Waals surface area contributed by atoms with Crippen molar-refractivity contribution in [3.05, 3.63) is 95.1 Å². The Balaban J connectivity index is 1.49. The fraction of sp³-hybridized carbons (Fsp3) is 0.231. The van der Waals surface area contributed by atoms with E-state index in [1.165, 1.54) is 0 Å². The minimum absolute atomic E-state index is 0.0773. The summed E-state index contributed by atoms with van der Waals surface area (Å²) in [4.78, 5) is 24.6. The molecule has 31 heavy (non-hydrogen) atoms. The van der Waals surface area contributed by atoms with Gasteiger partial charge in [-0.1, -0.05) is 78.4 Å². The number of hydrogen-bond donors (Lipinski definition) is 2. The quantitative estimate of drug-likeness (QED) is 0.451. The van der Waals surface area contributed by atoms with Crippen LogP contribution in [0.15, 0.2) is 72.8 Å². The second-order valence-corrected chi connectivity index (χ2v) is 8.03. The number of rotatable bonds is 7. The Morgan fingerprint density at radius 2 is 1.48 bits per heavy atom. The molecule has 0 spiro atoms. The van der Waals surface area contributed by atoms with Crippen LogP contribution >= 0.6 is 0 Å². The monoisotopic (exact) mass is 415 g/mol. The first-order valence-corrected chi connectivity index (χ1v) is 10.3. The fourth-order valence-electron chi connectivity index (χ4n) is 4.27. The smallest absolute Gasteiger partial charge is 0.321 e. The third-order valence-electron chi connectivity index (χ3n) is 5.89. The predicted molar refractivity (Wildman–Crippen MR) is 119 cm³/mol. The lowest BCUT2D eigenvalue weighted by Crippen LogP contribution is -2.43. The number of fused-ring (bicyclic) bond motifs is 3. The van der Waals surface area contributed by atoms with Gasteiger partial charge in [0.2, 0.25) is 0 Å². The molecule has 2 atom stereocenters. The van der Waals surface area contributed by atoms with E-state index < -0.39 is 23.9 Å². The SMILES string of the molecule is Cc1ccc(CC(N)[C@@H](C(=O)O)C(=O)OCC2c3ccccc3-c3ccccc32)cc1. The molecule has 3 N–H and O–H groups in total. The van der Waals surface area contributed by atoms with Crippen LogP contribution in [0.3, 0.4) is 0 Å². The first kappa shape index (κ1) is 20.8. The van der Waals surface area contributed by atoms with Crippen molar-refractivity contribution in [2.75, 3.05) is 6.61 Å². The van der Waals surface area contributed by atoms with Crippen molar-refractivity contribution in [2.24, 2.45) is 11.7 Å². The number of hydrogen-bond acceptors (Lipinski definition) is 4. The fourth-order valence-corrected chi connectivity index (χ4v) is 4.27. The molecule has 1 aliphatic rings. The number of benzene rings is 3. The highest BCUT2D eigenvalue weighted by Crippen LogP contribution is 2.44. The molecule has 0 saturated heterocycles. The van der Waals surface area contributed by atoms with Crippen molar-refractivity contribution in [1.82, 2.24) is 0 Å². The van der Waals surface area contributed by atoms with Crippen molar-refractivity contribution in [2.45, 2.75) is 25.3 Å². The van der Waals surface area contributed by atoms with Crippen molar-refractivity contribution >= 4 is 11.9 Å². The first-order chi connectivity index (χ1) is 15.0. The second-order valence-electron chi connectivity index (χ2n) is 8.03. The van der Waals surface area contributed by atoms with Crippen molar-refractivity contribution in [3.63, 3.8) is 0 Å². The molecule has 0 fully saturated rings. The summed E-state index contributed by atoms with van der Waals surface area (Å²) >= 11 is 0. The standard InChI is InChI=1S/C26H25NO4/c1-16-10-12-17(13-11-16)14-23(27)24(25(28)29)26(30)31-15-22-20-8-4-2-6-18(20)19-7-3-5-9-21(19)22/h2-13,22-24H,14-15,27H2,1H3,(H,28,29)/t23?,24-/m0/s1. The van der Waals surface area contributed by atoms with E-state index in [4.69, 9.17) is 10.5 Å². The van der Waals surface area contributed by atoms with Gasteiger partial charge in [0.25, 0.3) is 0 Å². The van der Waals surface area contributed by atoms with Crippen molar-refractivity contribution < 1.29 is 19.4 Å². The zero-order chi connectivity index (χ0) is 22.0.